The summed E-state index contributed by atoms with van der Waals surface area (Å²) in [6.07, 6.45) is -4.45. The molecule has 0 atom stereocenters. The van der Waals surface area contributed by atoms with Crippen LogP contribution in [0.5, 0.6) is 0 Å². The normalized spacial score (nSPS) is 11.3. The average Bonchev–Trinajstić information content (AvgIpc) is 2.36. The molecular weight excluding hydrogens is 253 g/mol. The Morgan fingerprint density at radius 2 is 1.63 bits per heavy atom. The van der Waals surface area contributed by atoms with Crippen molar-refractivity contribution < 1.29 is 13.2 Å². The fraction of sp³-hybridized carbons (Fsp3) is 0.143. The number of alkyl halides is 3. The third-order valence-corrected chi connectivity index (χ3v) is 2.67. The summed E-state index contributed by atoms with van der Waals surface area (Å²) < 4.78 is 39.3. The van der Waals surface area contributed by atoms with Crippen LogP contribution in [-0.4, -0.2) is 6.30 Å². The first-order chi connectivity index (χ1) is 8.97. The molecule has 19 heavy (non-hydrogen) atoms. The summed E-state index contributed by atoms with van der Waals surface area (Å²) in [5.41, 5.74) is 6.47. The van der Waals surface area contributed by atoms with Crippen molar-refractivity contribution in [2.24, 2.45) is 0 Å². The first-order valence-electron chi connectivity index (χ1n) is 5.70. The van der Waals surface area contributed by atoms with Crippen LogP contribution >= 0.6 is 0 Å². The first kappa shape index (κ1) is 13.3. The van der Waals surface area contributed by atoms with Crippen LogP contribution in [0.25, 0.3) is 0 Å². The number of anilines is 2. The highest BCUT2D eigenvalue weighted by molar-refractivity contribution is 5.56. The Labute approximate surface area is 109 Å². The molecule has 100 valence electrons. The Balaban J connectivity index is 2.32. The predicted octanol–water partition coefficient (Wildman–Crippen LogP) is 3.80. The second kappa shape index (κ2) is 5.22. The molecule has 0 aromatic heterocycles. The van der Waals surface area contributed by atoms with Crippen molar-refractivity contribution in [3.63, 3.8) is 0 Å². The number of nitrogen functional groups attached to an aromatic ring is 1. The Kier molecular flexibility index (Phi) is 3.64. The lowest BCUT2D eigenvalue weighted by atomic mass is 10.2. The van der Waals surface area contributed by atoms with Gasteiger partial charge in [0.15, 0.2) is 0 Å². The monoisotopic (exact) mass is 266 g/mol. The van der Waals surface area contributed by atoms with E-state index in [1.807, 2.05) is 0 Å². The summed E-state index contributed by atoms with van der Waals surface area (Å²) in [5.74, 6) is 0. The molecule has 2 nitrogen and oxygen atoms in total. The molecular formula is C14H13F3N2. The van der Waals surface area contributed by atoms with Crippen molar-refractivity contribution >= 4 is 11.4 Å². The Hall–Kier alpha value is -2.17. The third kappa shape index (κ3) is 3.40. The van der Waals surface area contributed by atoms with Gasteiger partial charge < -0.3 is 5.73 Å². The minimum Gasteiger partial charge on any atom is -0.399 e. The minimum absolute atomic E-state index is 0.0383. The molecule has 0 fully saturated rings. The molecule has 0 spiro atoms. The van der Waals surface area contributed by atoms with Crippen molar-refractivity contribution in [1.82, 2.24) is 0 Å². The minimum atomic E-state index is -4.45. The average molecular weight is 266 g/mol. The Bertz CT molecular complexity index is 538. The summed E-state index contributed by atoms with van der Waals surface area (Å²) in [4.78, 5) is 0.374. The largest absolute Gasteiger partial charge is 0.485 e. The summed E-state index contributed by atoms with van der Waals surface area (Å²) in [6, 6.07) is 14.3. The van der Waals surface area contributed by atoms with Crippen LogP contribution in [0.2, 0.25) is 0 Å². The Morgan fingerprint density at radius 3 is 2.21 bits per heavy atom. The lowest BCUT2D eigenvalue weighted by Crippen LogP contribution is -2.37. The maximum atomic E-state index is 13.1. The van der Waals surface area contributed by atoms with Gasteiger partial charge >= 0.3 is 6.30 Å². The zero-order valence-corrected chi connectivity index (χ0v) is 10.1. The van der Waals surface area contributed by atoms with Gasteiger partial charge in [-0.05, 0) is 23.8 Å². The number of halogens is 3. The maximum Gasteiger partial charge on any atom is 0.485 e. The molecule has 0 radical (unpaired) electrons. The third-order valence-electron chi connectivity index (χ3n) is 2.67. The van der Waals surface area contributed by atoms with Gasteiger partial charge in [-0.1, -0.05) is 36.4 Å². The van der Waals surface area contributed by atoms with Crippen LogP contribution in [0, 0.1) is 0 Å². The Morgan fingerprint density at radius 1 is 0.947 bits per heavy atom. The fourth-order valence-corrected chi connectivity index (χ4v) is 1.79. The standard InChI is InChI=1S/C14H13F3N2/c15-14(16,17)19(10-11-5-2-1-3-6-11)13-8-4-7-12(18)9-13/h1-9H,10,18H2. The van der Waals surface area contributed by atoms with E-state index in [0.717, 1.165) is 0 Å². The number of nitrogens with zero attached hydrogens (tertiary/aromatic N) is 1. The van der Waals surface area contributed by atoms with Gasteiger partial charge in [0.1, 0.15) is 0 Å². The molecule has 2 aromatic rings. The molecule has 2 aromatic carbocycles. The number of hydrogen-bond acceptors (Lipinski definition) is 2. The van der Waals surface area contributed by atoms with Crippen molar-refractivity contribution in [3.8, 4) is 0 Å². The van der Waals surface area contributed by atoms with E-state index in [-0.39, 0.29) is 12.2 Å². The van der Waals surface area contributed by atoms with Crippen LogP contribution in [0.1, 0.15) is 5.56 Å². The van der Waals surface area contributed by atoms with Crippen LogP contribution in [0.4, 0.5) is 24.5 Å². The molecule has 0 amide bonds. The number of benzene rings is 2. The van der Waals surface area contributed by atoms with Crippen LogP contribution in [0.3, 0.4) is 0 Å². The summed E-state index contributed by atoms with van der Waals surface area (Å²) >= 11 is 0. The van der Waals surface area contributed by atoms with Crippen molar-refractivity contribution in [1.29, 1.82) is 0 Å². The topological polar surface area (TPSA) is 29.3 Å². The first-order valence-corrected chi connectivity index (χ1v) is 5.70. The zero-order valence-electron chi connectivity index (χ0n) is 10.1. The number of rotatable bonds is 3. The molecule has 0 saturated heterocycles. The molecule has 2 N–H and O–H groups in total. The van der Waals surface area contributed by atoms with Gasteiger partial charge in [0, 0.05) is 11.4 Å². The maximum absolute atomic E-state index is 13.1. The van der Waals surface area contributed by atoms with Gasteiger partial charge in [0.05, 0.1) is 6.54 Å². The van der Waals surface area contributed by atoms with Crippen molar-refractivity contribution in [2.75, 3.05) is 10.6 Å². The predicted molar refractivity (Wildman–Crippen MR) is 69.5 cm³/mol. The van der Waals surface area contributed by atoms with E-state index >= 15 is 0 Å². The summed E-state index contributed by atoms with van der Waals surface area (Å²) in [5, 5.41) is 0. The molecule has 0 heterocycles. The summed E-state index contributed by atoms with van der Waals surface area (Å²) in [6.45, 7) is -0.242. The van der Waals surface area contributed by atoms with Gasteiger partial charge in [-0.25, -0.2) is 0 Å². The lowest BCUT2D eigenvalue weighted by Gasteiger charge is -2.27. The van der Waals surface area contributed by atoms with Gasteiger partial charge in [-0.2, -0.15) is 13.2 Å². The number of nitrogens with two attached hydrogens (primary N) is 1. The highest BCUT2D eigenvalue weighted by Gasteiger charge is 2.37. The van der Waals surface area contributed by atoms with E-state index < -0.39 is 6.30 Å². The smallest absolute Gasteiger partial charge is 0.399 e. The molecule has 0 aliphatic rings. The van der Waals surface area contributed by atoms with Crippen molar-refractivity contribution in [2.45, 2.75) is 12.8 Å². The van der Waals surface area contributed by atoms with Gasteiger partial charge in [0.2, 0.25) is 0 Å². The van der Waals surface area contributed by atoms with Crippen LogP contribution < -0.4 is 10.6 Å². The fourth-order valence-electron chi connectivity index (χ4n) is 1.79. The highest BCUT2D eigenvalue weighted by Crippen LogP contribution is 2.31. The van der Waals surface area contributed by atoms with E-state index in [4.69, 9.17) is 5.73 Å². The van der Waals surface area contributed by atoms with E-state index in [1.54, 1.807) is 36.4 Å². The molecule has 0 bridgehead atoms. The van der Waals surface area contributed by atoms with E-state index in [0.29, 0.717) is 16.2 Å². The molecule has 2 rings (SSSR count). The number of hydrogen-bond donors (Lipinski definition) is 1. The lowest BCUT2D eigenvalue weighted by molar-refractivity contribution is -0.130. The molecule has 0 unspecified atom stereocenters. The van der Waals surface area contributed by atoms with Gasteiger partial charge in [0.25, 0.3) is 0 Å². The highest BCUT2D eigenvalue weighted by atomic mass is 19.4. The molecule has 0 saturated carbocycles. The van der Waals surface area contributed by atoms with E-state index in [9.17, 15) is 13.2 Å². The second-order valence-corrected chi connectivity index (χ2v) is 4.13. The van der Waals surface area contributed by atoms with Crippen LogP contribution in [-0.2, 0) is 6.54 Å². The quantitative estimate of drug-likeness (QED) is 0.676. The summed E-state index contributed by atoms with van der Waals surface area (Å²) in [7, 11) is 0. The van der Waals surface area contributed by atoms with Crippen molar-refractivity contribution in [3.05, 3.63) is 60.2 Å². The van der Waals surface area contributed by atoms with Gasteiger partial charge in [-0.3, -0.25) is 4.90 Å². The van der Waals surface area contributed by atoms with E-state index in [2.05, 4.69) is 0 Å². The second-order valence-electron chi connectivity index (χ2n) is 4.13. The molecule has 5 heteroatoms. The molecule has 0 aliphatic carbocycles. The van der Waals surface area contributed by atoms with E-state index in [1.165, 1.54) is 18.2 Å². The SMILES string of the molecule is Nc1cccc(N(Cc2ccccc2)C(F)(F)F)c1. The molecule has 0 aliphatic heterocycles. The van der Waals surface area contributed by atoms with Gasteiger partial charge in [-0.15, -0.1) is 0 Å². The zero-order chi connectivity index (χ0) is 13.9. The van der Waals surface area contributed by atoms with Crippen LogP contribution in [0.15, 0.2) is 54.6 Å².